The van der Waals surface area contributed by atoms with Crippen LogP contribution in [0.4, 0.5) is 0 Å². The fourth-order valence-electron chi connectivity index (χ4n) is 3.72. The molecule has 1 aliphatic carbocycles. The molecule has 1 saturated heterocycles. The molecule has 2 aromatic rings. The molecule has 3 amide bonds. The molecule has 1 aromatic heterocycles. The maximum atomic E-state index is 13.0. The summed E-state index contributed by atoms with van der Waals surface area (Å²) in [5, 5.41) is 7.21. The van der Waals surface area contributed by atoms with E-state index >= 15 is 0 Å². The molecule has 2 fully saturated rings. The van der Waals surface area contributed by atoms with Crippen molar-refractivity contribution in [1.29, 1.82) is 0 Å². The van der Waals surface area contributed by atoms with Gasteiger partial charge in [0.05, 0.1) is 12.2 Å². The topological polar surface area (TPSA) is 87.5 Å². The second kappa shape index (κ2) is 8.30. The summed E-state index contributed by atoms with van der Waals surface area (Å²) in [7, 11) is 0. The maximum Gasteiger partial charge on any atom is 0.312 e. The maximum absolute atomic E-state index is 13.0. The average Bonchev–Trinajstić information content (AvgIpc) is 3.50. The lowest BCUT2D eigenvalue weighted by molar-refractivity contribution is -0.146. The third-order valence-corrected chi connectivity index (χ3v) is 5.57. The number of benzene rings is 1. The molecule has 0 atom stereocenters. The van der Waals surface area contributed by atoms with Gasteiger partial charge in [-0.25, -0.2) is 0 Å². The van der Waals surface area contributed by atoms with Crippen LogP contribution in [0.5, 0.6) is 0 Å². The molecule has 1 aromatic carbocycles. The minimum atomic E-state index is -0.533. The molecule has 8 nitrogen and oxygen atoms in total. The van der Waals surface area contributed by atoms with Crippen LogP contribution in [-0.4, -0.2) is 69.5 Å². The van der Waals surface area contributed by atoms with Gasteiger partial charge in [-0.15, -0.1) is 0 Å². The number of carbonyl (C=O) groups is 3. The number of hydrogen-bond donors (Lipinski definition) is 1. The van der Waals surface area contributed by atoms with Gasteiger partial charge in [0.15, 0.2) is 0 Å². The number of aryl methyl sites for hydroxylation is 2. The fourth-order valence-corrected chi connectivity index (χ4v) is 3.72. The average molecular weight is 409 g/mol. The summed E-state index contributed by atoms with van der Waals surface area (Å²) >= 11 is 0. The predicted molar refractivity (Wildman–Crippen MR) is 111 cm³/mol. The zero-order valence-electron chi connectivity index (χ0n) is 17.4. The molecule has 2 aliphatic rings. The minimum Gasteiger partial charge on any atom is -0.345 e. The highest BCUT2D eigenvalue weighted by molar-refractivity contribution is 6.35. The van der Waals surface area contributed by atoms with E-state index < -0.39 is 11.8 Å². The van der Waals surface area contributed by atoms with Crippen LogP contribution >= 0.6 is 0 Å². The lowest BCUT2D eigenvalue weighted by Gasteiger charge is -2.34. The summed E-state index contributed by atoms with van der Waals surface area (Å²) < 4.78 is 1.93. The number of piperazine rings is 1. The SMILES string of the molecule is Cc1cc(C)n(Cc2cccc(C(=O)N3CCN(C(=O)C(=O)NC4CC4)CC3)c2)n1. The molecule has 1 N–H and O–H groups in total. The standard InChI is InChI=1S/C22H27N5O3/c1-15-12-16(2)27(24-15)14-17-4-3-5-18(13-17)21(29)25-8-10-26(11-9-25)22(30)20(28)23-19-6-7-19/h3-5,12-13,19H,6-11,14H2,1-2H3,(H,23,28). The molecule has 0 bridgehead atoms. The van der Waals surface area contributed by atoms with Crippen LogP contribution in [0.1, 0.15) is 40.2 Å². The Morgan fingerprint density at radius 1 is 1.03 bits per heavy atom. The zero-order chi connectivity index (χ0) is 21.3. The molecule has 158 valence electrons. The number of aromatic nitrogens is 2. The molecule has 0 radical (unpaired) electrons. The van der Waals surface area contributed by atoms with E-state index in [0.29, 0.717) is 38.3 Å². The molecule has 0 unspecified atom stereocenters. The minimum absolute atomic E-state index is 0.0558. The van der Waals surface area contributed by atoms with Crippen LogP contribution in [-0.2, 0) is 16.1 Å². The molecule has 4 rings (SSSR count). The van der Waals surface area contributed by atoms with Gasteiger partial charge in [0.25, 0.3) is 5.91 Å². The Morgan fingerprint density at radius 3 is 2.37 bits per heavy atom. The normalized spacial score (nSPS) is 16.5. The first-order valence-electron chi connectivity index (χ1n) is 10.4. The third-order valence-electron chi connectivity index (χ3n) is 5.57. The van der Waals surface area contributed by atoms with E-state index in [0.717, 1.165) is 29.8 Å². The zero-order valence-corrected chi connectivity index (χ0v) is 17.4. The third kappa shape index (κ3) is 4.53. The van der Waals surface area contributed by atoms with Gasteiger partial charge in [-0.2, -0.15) is 5.10 Å². The smallest absolute Gasteiger partial charge is 0.312 e. The first-order chi connectivity index (χ1) is 14.4. The van der Waals surface area contributed by atoms with Gasteiger partial charge >= 0.3 is 11.8 Å². The molecule has 30 heavy (non-hydrogen) atoms. The summed E-state index contributed by atoms with van der Waals surface area (Å²) in [5.41, 5.74) is 3.69. The van der Waals surface area contributed by atoms with Crippen molar-refractivity contribution in [3.8, 4) is 0 Å². The first-order valence-corrected chi connectivity index (χ1v) is 10.4. The number of nitrogens with zero attached hydrogens (tertiary/aromatic N) is 4. The fraction of sp³-hybridized carbons (Fsp3) is 0.455. The summed E-state index contributed by atoms with van der Waals surface area (Å²) in [5.74, 6) is -1.09. The molecule has 1 saturated carbocycles. The second-order valence-electron chi connectivity index (χ2n) is 8.12. The van der Waals surface area contributed by atoms with E-state index in [1.165, 1.54) is 4.90 Å². The van der Waals surface area contributed by atoms with Crippen LogP contribution in [0.3, 0.4) is 0 Å². The van der Waals surface area contributed by atoms with E-state index in [2.05, 4.69) is 10.4 Å². The number of carbonyl (C=O) groups excluding carboxylic acids is 3. The monoisotopic (exact) mass is 409 g/mol. The number of amides is 3. The van der Waals surface area contributed by atoms with Gasteiger partial charge < -0.3 is 15.1 Å². The van der Waals surface area contributed by atoms with Crippen molar-refractivity contribution in [2.45, 2.75) is 39.3 Å². The van der Waals surface area contributed by atoms with E-state index in [-0.39, 0.29) is 11.9 Å². The van der Waals surface area contributed by atoms with Crippen molar-refractivity contribution in [3.63, 3.8) is 0 Å². The van der Waals surface area contributed by atoms with E-state index in [1.807, 2.05) is 48.9 Å². The van der Waals surface area contributed by atoms with Crippen LogP contribution in [0.15, 0.2) is 30.3 Å². The summed E-state index contributed by atoms with van der Waals surface area (Å²) in [6.45, 7) is 6.16. The summed E-state index contributed by atoms with van der Waals surface area (Å²) in [6.07, 6.45) is 1.89. The van der Waals surface area contributed by atoms with Gasteiger partial charge in [0.1, 0.15) is 0 Å². The van der Waals surface area contributed by atoms with Gasteiger partial charge in [-0.1, -0.05) is 12.1 Å². The van der Waals surface area contributed by atoms with Crippen LogP contribution < -0.4 is 5.32 Å². The second-order valence-corrected chi connectivity index (χ2v) is 8.12. The molecular weight excluding hydrogens is 382 g/mol. The van der Waals surface area contributed by atoms with Gasteiger partial charge in [0.2, 0.25) is 0 Å². The highest BCUT2D eigenvalue weighted by Crippen LogP contribution is 2.19. The van der Waals surface area contributed by atoms with E-state index in [4.69, 9.17) is 0 Å². The Kier molecular flexibility index (Phi) is 5.57. The van der Waals surface area contributed by atoms with Crippen molar-refractivity contribution in [2.24, 2.45) is 0 Å². The first kappa shape index (κ1) is 20.1. The van der Waals surface area contributed by atoms with Crippen molar-refractivity contribution in [1.82, 2.24) is 24.9 Å². The number of nitrogens with one attached hydrogen (secondary N) is 1. The quantitative estimate of drug-likeness (QED) is 0.767. The van der Waals surface area contributed by atoms with Crippen molar-refractivity contribution >= 4 is 17.7 Å². The lowest BCUT2D eigenvalue weighted by atomic mass is 10.1. The summed E-state index contributed by atoms with van der Waals surface area (Å²) in [4.78, 5) is 40.4. The van der Waals surface area contributed by atoms with E-state index in [9.17, 15) is 14.4 Å². The Labute approximate surface area is 175 Å². The molecule has 2 heterocycles. The Balaban J connectivity index is 1.35. The van der Waals surface area contributed by atoms with Crippen LogP contribution in [0.2, 0.25) is 0 Å². The highest BCUT2D eigenvalue weighted by atomic mass is 16.2. The summed E-state index contributed by atoms with van der Waals surface area (Å²) in [6, 6.07) is 9.78. The van der Waals surface area contributed by atoms with Crippen molar-refractivity contribution in [3.05, 3.63) is 52.8 Å². The van der Waals surface area contributed by atoms with Gasteiger partial charge in [0, 0.05) is 43.5 Å². The predicted octanol–water partition coefficient (Wildman–Crippen LogP) is 1.11. The molecule has 0 spiro atoms. The Bertz CT molecular complexity index is 971. The Hall–Kier alpha value is -3.16. The van der Waals surface area contributed by atoms with Crippen molar-refractivity contribution < 1.29 is 14.4 Å². The molecule has 1 aliphatic heterocycles. The highest BCUT2D eigenvalue weighted by Gasteiger charge is 2.31. The number of hydrogen-bond acceptors (Lipinski definition) is 4. The molecule has 8 heteroatoms. The van der Waals surface area contributed by atoms with Gasteiger partial charge in [-0.3, -0.25) is 19.1 Å². The van der Waals surface area contributed by atoms with E-state index in [1.54, 1.807) is 4.90 Å². The lowest BCUT2D eigenvalue weighted by Crippen LogP contribution is -2.54. The largest absolute Gasteiger partial charge is 0.345 e. The Morgan fingerprint density at radius 2 is 1.73 bits per heavy atom. The molecular formula is C22H27N5O3. The van der Waals surface area contributed by atoms with Gasteiger partial charge in [-0.05, 0) is 50.5 Å². The van der Waals surface area contributed by atoms with Crippen LogP contribution in [0.25, 0.3) is 0 Å². The number of rotatable bonds is 4. The van der Waals surface area contributed by atoms with Crippen LogP contribution in [0, 0.1) is 13.8 Å². The van der Waals surface area contributed by atoms with Crippen molar-refractivity contribution in [2.75, 3.05) is 26.2 Å².